The molecule has 0 aliphatic carbocycles. The van der Waals surface area contributed by atoms with E-state index in [1.807, 2.05) is 25.1 Å². The van der Waals surface area contributed by atoms with Gasteiger partial charge in [-0.1, -0.05) is 0 Å². The largest absolute Gasteiger partial charge is 0.497 e. The monoisotopic (exact) mass is 234 g/mol. The molecule has 2 amide bonds. The van der Waals surface area contributed by atoms with Crippen LogP contribution in [0.3, 0.4) is 0 Å². The summed E-state index contributed by atoms with van der Waals surface area (Å²) in [4.78, 5) is 18.5. The van der Waals surface area contributed by atoms with Gasteiger partial charge >= 0.3 is 6.03 Å². The fraction of sp³-hybridized carbons (Fsp3) is 0.273. The maximum atomic E-state index is 11.3. The molecular formula is C11H14N4O2. The Morgan fingerprint density at radius 3 is 3.06 bits per heavy atom. The molecule has 3 N–H and O–H groups in total. The Kier molecular flexibility index (Phi) is 3.13. The molecule has 0 saturated carbocycles. The maximum absolute atomic E-state index is 11.3. The molecule has 90 valence electrons. The second kappa shape index (κ2) is 4.73. The molecular weight excluding hydrogens is 220 g/mol. The number of ether oxygens (including phenoxy) is 1. The van der Waals surface area contributed by atoms with Gasteiger partial charge in [0.15, 0.2) is 0 Å². The number of hydrogen-bond acceptors (Lipinski definition) is 3. The van der Waals surface area contributed by atoms with Crippen LogP contribution in [0.4, 0.5) is 10.7 Å². The Bertz CT molecular complexity index is 535. The number of rotatable bonds is 3. The molecule has 2 rings (SSSR count). The van der Waals surface area contributed by atoms with Crippen LogP contribution >= 0.6 is 0 Å². The van der Waals surface area contributed by atoms with Gasteiger partial charge in [0.2, 0.25) is 5.95 Å². The van der Waals surface area contributed by atoms with Gasteiger partial charge in [-0.2, -0.15) is 0 Å². The number of nitrogens with zero attached hydrogens (tertiary/aromatic N) is 1. The molecule has 0 unspecified atom stereocenters. The number of methoxy groups -OCH3 is 1. The summed E-state index contributed by atoms with van der Waals surface area (Å²) in [6.45, 7) is 2.42. The number of aromatic amines is 1. The summed E-state index contributed by atoms with van der Waals surface area (Å²) >= 11 is 0. The predicted molar refractivity (Wildman–Crippen MR) is 65.3 cm³/mol. The normalized spacial score (nSPS) is 10.2. The summed E-state index contributed by atoms with van der Waals surface area (Å²) in [5, 5.41) is 5.24. The number of hydrogen-bond donors (Lipinski definition) is 3. The molecule has 0 aliphatic rings. The van der Waals surface area contributed by atoms with Gasteiger partial charge in [0.05, 0.1) is 18.1 Å². The molecule has 0 saturated heterocycles. The first-order valence-electron chi connectivity index (χ1n) is 5.31. The van der Waals surface area contributed by atoms with E-state index in [9.17, 15) is 4.79 Å². The van der Waals surface area contributed by atoms with E-state index in [0.29, 0.717) is 12.5 Å². The molecule has 0 atom stereocenters. The predicted octanol–water partition coefficient (Wildman–Crippen LogP) is 1.71. The van der Waals surface area contributed by atoms with Crippen molar-refractivity contribution in [2.24, 2.45) is 0 Å². The lowest BCUT2D eigenvalue weighted by Crippen LogP contribution is -2.28. The molecule has 1 aromatic carbocycles. The summed E-state index contributed by atoms with van der Waals surface area (Å²) < 4.78 is 5.10. The lowest BCUT2D eigenvalue weighted by atomic mass is 10.3. The van der Waals surface area contributed by atoms with E-state index >= 15 is 0 Å². The van der Waals surface area contributed by atoms with Gasteiger partial charge in [-0.15, -0.1) is 0 Å². The first-order valence-corrected chi connectivity index (χ1v) is 5.31. The van der Waals surface area contributed by atoms with Gasteiger partial charge < -0.3 is 15.0 Å². The van der Waals surface area contributed by atoms with E-state index in [4.69, 9.17) is 4.74 Å². The van der Waals surface area contributed by atoms with Gasteiger partial charge in [0.25, 0.3) is 0 Å². The van der Waals surface area contributed by atoms with Gasteiger partial charge in [-0.3, -0.25) is 5.32 Å². The zero-order chi connectivity index (χ0) is 12.3. The number of imidazole rings is 1. The van der Waals surface area contributed by atoms with Crippen molar-refractivity contribution < 1.29 is 9.53 Å². The lowest BCUT2D eigenvalue weighted by Gasteiger charge is -2.00. The van der Waals surface area contributed by atoms with E-state index in [0.717, 1.165) is 16.8 Å². The van der Waals surface area contributed by atoms with Crippen molar-refractivity contribution in [3.63, 3.8) is 0 Å². The Hall–Kier alpha value is -2.24. The minimum atomic E-state index is -0.279. The van der Waals surface area contributed by atoms with Gasteiger partial charge in [0, 0.05) is 12.6 Å². The van der Waals surface area contributed by atoms with Crippen molar-refractivity contribution in [1.29, 1.82) is 0 Å². The van der Waals surface area contributed by atoms with Crippen molar-refractivity contribution in [2.45, 2.75) is 6.92 Å². The van der Waals surface area contributed by atoms with Crippen LogP contribution in [0.25, 0.3) is 11.0 Å². The van der Waals surface area contributed by atoms with E-state index < -0.39 is 0 Å². The van der Waals surface area contributed by atoms with Crippen LogP contribution in [0.1, 0.15) is 6.92 Å². The fourth-order valence-electron chi connectivity index (χ4n) is 1.49. The highest BCUT2D eigenvalue weighted by molar-refractivity contribution is 5.89. The maximum Gasteiger partial charge on any atom is 0.321 e. The summed E-state index contributed by atoms with van der Waals surface area (Å²) in [6.07, 6.45) is 0. The SMILES string of the molecule is CCNC(=O)Nc1nc2ccc(OC)cc2[nH]1. The highest BCUT2D eigenvalue weighted by Crippen LogP contribution is 2.20. The minimum Gasteiger partial charge on any atom is -0.497 e. The molecule has 6 heteroatoms. The second-order valence-corrected chi connectivity index (χ2v) is 3.45. The Balaban J connectivity index is 2.22. The van der Waals surface area contributed by atoms with Crippen LogP contribution in [-0.2, 0) is 0 Å². The van der Waals surface area contributed by atoms with Crippen LogP contribution in [0.15, 0.2) is 18.2 Å². The minimum absolute atomic E-state index is 0.279. The van der Waals surface area contributed by atoms with E-state index in [1.165, 1.54) is 0 Å². The Morgan fingerprint density at radius 2 is 2.35 bits per heavy atom. The summed E-state index contributed by atoms with van der Waals surface area (Å²) in [6, 6.07) is 5.19. The third-order valence-corrected chi connectivity index (χ3v) is 2.26. The van der Waals surface area contributed by atoms with Crippen molar-refractivity contribution in [1.82, 2.24) is 15.3 Å². The fourth-order valence-corrected chi connectivity index (χ4v) is 1.49. The number of urea groups is 1. The number of aromatic nitrogens is 2. The molecule has 1 heterocycles. The second-order valence-electron chi connectivity index (χ2n) is 3.45. The first kappa shape index (κ1) is 11.3. The molecule has 0 aliphatic heterocycles. The van der Waals surface area contributed by atoms with Crippen molar-refractivity contribution in [3.8, 4) is 5.75 Å². The highest BCUT2D eigenvalue weighted by atomic mass is 16.5. The van der Waals surface area contributed by atoms with E-state index in [1.54, 1.807) is 7.11 Å². The number of amides is 2. The molecule has 17 heavy (non-hydrogen) atoms. The number of fused-ring (bicyclic) bond motifs is 1. The van der Waals surface area contributed by atoms with E-state index in [2.05, 4.69) is 20.6 Å². The third kappa shape index (κ3) is 2.47. The number of anilines is 1. The average Bonchev–Trinajstić information content (AvgIpc) is 2.69. The third-order valence-electron chi connectivity index (χ3n) is 2.26. The zero-order valence-electron chi connectivity index (χ0n) is 9.70. The van der Waals surface area contributed by atoms with Crippen LogP contribution in [0.2, 0.25) is 0 Å². The van der Waals surface area contributed by atoms with Crippen molar-refractivity contribution in [3.05, 3.63) is 18.2 Å². The molecule has 6 nitrogen and oxygen atoms in total. The van der Waals surface area contributed by atoms with Crippen LogP contribution in [0, 0.1) is 0 Å². The lowest BCUT2D eigenvalue weighted by molar-refractivity contribution is 0.252. The molecule has 0 radical (unpaired) electrons. The first-order chi connectivity index (χ1) is 8.22. The Labute approximate surface area is 98.4 Å². The molecule has 1 aromatic heterocycles. The topological polar surface area (TPSA) is 79.0 Å². The van der Waals surface area contributed by atoms with Gasteiger partial charge in [-0.25, -0.2) is 9.78 Å². The Morgan fingerprint density at radius 1 is 1.53 bits per heavy atom. The van der Waals surface area contributed by atoms with Gasteiger partial charge in [0.1, 0.15) is 5.75 Å². The van der Waals surface area contributed by atoms with Crippen molar-refractivity contribution in [2.75, 3.05) is 19.0 Å². The van der Waals surface area contributed by atoms with E-state index in [-0.39, 0.29) is 6.03 Å². The molecule has 0 bridgehead atoms. The summed E-state index contributed by atoms with van der Waals surface area (Å²) in [5.74, 6) is 1.16. The number of carbonyl (C=O) groups excluding carboxylic acids is 1. The number of nitrogens with one attached hydrogen (secondary N) is 3. The summed E-state index contributed by atoms with van der Waals surface area (Å²) in [5.41, 5.74) is 1.59. The summed E-state index contributed by atoms with van der Waals surface area (Å²) in [7, 11) is 1.60. The quantitative estimate of drug-likeness (QED) is 0.756. The molecule has 2 aromatic rings. The number of benzene rings is 1. The van der Waals surface area contributed by atoms with Crippen LogP contribution in [-0.4, -0.2) is 29.7 Å². The molecule has 0 fully saturated rings. The average molecular weight is 234 g/mol. The zero-order valence-corrected chi connectivity index (χ0v) is 9.70. The number of carbonyl (C=O) groups is 1. The smallest absolute Gasteiger partial charge is 0.321 e. The molecule has 0 spiro atoms. The standard InChI is InChI=1S/C11H14N4O2/c1-3-12-11(16)15-10-13-8-5-4-7(17-2)6-9(8)14-10/h4-6H,3H2,1-2H3,(H3,12,13,14,15,16). The number of H-pyrrole nitrogens is 1. The van der Waals surface area contributed by atoms with Gasteiger partial charge in [-0.05, 0) is 19.1 Å². The van der Waals surface area contributed by atoms with Crippen LogP contribution < -0.4 is 15.4 Å². The van der Waals surface area contributed by atoms with Crippen LogP contribution in [0.5, 0.6) is 5.75 Å². The highest BCUT2D eigenvalue weighted by Gasteiger charge is 2.06. The van der Waals surface area contributed by atoms with Crippen molar-refractivity contribution >= 4 is 23.0 Å².